The van der Waals surface area contributed by atoms with Gasteiger partial charge in [0.05, 0.1) is 24.1 Å². The number of likely N-dealkylation sites (tertiary alicyclic amines) is 1. The highest BCUT2D eigenvalue weighted by Crippen LogP contribution is 2.24. The molecule has 0 spiro atoms. The molecule has 0 radical (unpaired) electrons. The monoisotopic (exact) mass is 436 g/mol. The van der Waals surface area contributed by atoms with Gasteiger partial charge in [-0.05, 0) is 58.6 Å². The van der Waals surface area contributed by atoms with E-state index in [0.717, 1.165) is 0 Å². The van der Waals surface area contributed by atoms with E-state index in [1.165, 1.54) is 4.31 Å². The van der Waals surface area contributed by atoms with Crippen LogP contribution in [0.2, 0.25) is 0 Å². The van der Waals surface area contributed by atoms with Crippen molar-refractivity contribution in [3.8, 4) is 6.07 Å². The molecule has 1 aliphatic rings. The molecule has 1 aromatic heterocycles. The van der Waals surface area contributed by atoms with Gasteiger partial charge in [0, 0.05) is 31.7 Å². The first kappa shape index (κ1) is 24.1. The third kappa shape index (κ3) is 7.58. The third-order valence-corrected chi connectivity index (χ3v) is 6.80. The summed E-state index contributed by atoms with van der Waals surface area (Å²) in [5, 5.41) is 8.77. The molecule has 0 bridgehead atoms. The Morgan fingerprint density at radius 3 is 2.73 bits per heavy atom. The SMILES string of the molecule is CC(C)(C)OC(=O)N1CCC[C@@H](N(Cc2ccccn2)S(=O)(=O)CCCC#N)CC1. The summed E-state index contributed by atoms with van der Waals surface area (Å²) in [7, 11) is -3.57. The maximum Gasteiger partial charge on any atom is 0.410 e. The molecule has 166 valence electrons. The zero-order valence-electron chi connectivity index (χ0n) is 18.1. The Hall–Kier alpha value is -2.18. The lowest BCUT2D eigenvalue weighted by molar-refractivity contribution is 0.0255. The number of nitrogens with zero attached hydrogens (tertiary/aromatic N) is 4. The first-order valence-corrected chi connectivity index (χ1v) is 12.0. The van der Waals surface area contributed by atoms with E-state index < -0.39 is 15.6 Å². The first-order chi connectivity index (χ1) is 14.1. The Balaban J connectivity index is 2.15. The molecule has 0 aromatic carbocycles. The van der Waals surface area contributed by atoms with E-state index in [-0.39, 0.29) is 30.9 Å². The quantitative estimate of drug-likeness (QED) is 0.608. The van der Waals surface area contributed by atoms with Crippen LogP contribution in [0.15, 0.2) is 24.4 Å². The largest absolute Gasteiger partial charge is 0.444 e. The number of nitriles is 1. The topological polar surface area (TPSA) is 104 Å². The van der Waals surface area contributed by atoms with Gasteiger partial charge < -0.3 is 9.64 Å². The van der Waals surface area contributed by atoms with E-state index in [0.29, 0.717) is 44.5 Å². The molecule has 30 heavy (non-hydrogen) atoms. The van der Waals surface area contributed by atoms with Crippen molar-refractivity contribution in [3.05, 3.63) is 30.1 Å². The maximum atomic E-state index is 13.1. The molecular weight excluding hydrogens is 404 g/mol. The van der Waals surface area contributed by atoms with Crippen molar-refractivity contribution >= 4 is 16.1 Å². The van der Waals surface area contributed by atoms with Crippen LogP contribution in [0.5, 0.6) is 0 Å². The van der Waals surface area contributed by atoms with E-state index in [9.17, 15) is 13.2 Å². The van der Waals surface area contributed by atoms with Gasteiger partial charge in [-0.3, -0.25) is 4.98 Å². The van der Waals surface area contributed by atoms with Crippen molar-refractivity contribution in [2.45, 2.75) is 71.1 Å². The fourth-order valence-electron chi connectivity index (χ4n) is 3.43. The summed E-state index contributed by atoms with van der Waals surface area (Å²) < 4.78 is 33.2. The van der Waals surface area contributed by atoms with Gasteiger partial charge in [0.25, 0.3) is 0 Å². The van der Waals surface area contributed by atoms with Crippen LogP contribution in [0.3, 0.4) is 0 Å². The van der Waals surface area contributed by atoms with Crippen molar-refractivity contribution in [2.24, 2.45) is 0 Å². The number of unbranched alkanes of at least 4 members (excludes halogenated alkanes) is 1. The fourth-order valence-corrected chi connectivity index (χ4v) is 5.17. The van der Waals surface area contributed by atoms with Crippen molar-refractivity contribution in [1.82, 2.24) is 14.2 Å². The molecule has 1 atom stereocenters. The van der Waals surface area contributed by atoms with Gasteiger partial charge in [-0.1, -0.05) is 6.07 Å². The van der Waals surface area contributed by atoms with Crippen molar-refractivity contribution in [3.63, 3.8) is 0 Å². The normalized spacial score (nSPS) is 18.0. The lowest BCUT2D eigenvalue weighted by Crippen LogP contribution is -2.42. The van der Waals surface area contributed by atoms with Crippen LogP contribution in [0.4, 0.5) is 4.79 Å². The number of hydrogen-bond acceptors (Lipinski definition) is 6. The van der Waals surface area contributed by atoms with Crippen LogP contribution in [0.1, 0.15) is 58.6 Å². The van der Waals surface area contributed by atoms with E-state index >= 15 is 0 Å². The lowest BCUT2D eigenvalue weighted by Gasteiger charge is -2.30. The van der Waals surface area contributed by atoms with Gasteiger partial charge >= 0.3 is 6.09 Å². The van der Waals surface area contributed by atoms with Crippen LogP contribution in [-0.4, -0.2) is 59.2 Å². The van der Waals surface area contributed by atoms with Crippen molar-refractivity contribution < 1.29 is 17.9 Å². The van der Waals surface area contributed by atoms with Crippen LogP contribution >= 0.6 is 0 Å². The zero-order chi connectivity index (χ0) is 22.2. The molecule has 8 nitrogen and oxygen atoms in total. The van der Waals surface area contributed by atoms with Gasteiger partial charge in [0.2, 0.25) is 10.0 Å². The van der Waals surface area contributed by atoms with Gasteiger partial charge in [0.1, 0.15) is 5.60 Å². The first-order valence-electron chi connectivity index (χ1n) is 10.4. The molecule has 1 amide bonds. The molecule has 9 heteroatoms. The molecule has 1 fully saturated rings. The van der Waals surface area contributed by atoms with Gasteiger partial charge in [-0.2, -0.15) is 9.57 Å². The summed E-state index contributed by atoms with van der Waals surface area (Å²) in [4.78, 5) is 18.4. The van der Waals surface area contributed by atoms with Crippen LogP contribution in [-0.2, 0) is 21.3 Å². The van der Waals surface area contributed by atoms with Crippen molar-refractivity contribution in [2.75, 3.05) is 18.8 Å². The second-order valence-electron chi connectivity index (χ2n) is 8.50. The van der Waals surface area contributed by atoms with Crippen LogP contribution < -0.4 is 0 Å². The second kappa shape index (κ2) is 10.7. The highest BCUT2D eigenvalue weighted by atomic mass is 32.2. The lowest BCUT2D eigenvalue weighted by atomic mass is 10.1. The summed E-state index contributed by atoms with van der Waals surface area (Å²) in [5.41, 5.74) is 0.104. The molecule has 2 heterocycles. The average molecular weight is 437 g/mol. The van der Waals surface area contributed by atoms with Crippen molar-refractivity contribution in [1.29, 1.82) is 5.26 Å². The number of sulfonamides is 1. The number of rotatable bonds is 7. The number of carbonyl (C=O) groups excluding carboxylic acids is 1. The fraction of sp³-hybridized carbons (Fsp3) is 0.667. The maximum absolute atomic E-state index is 13.1. The molecule has 2 rings (SSSR count). The Morgan fingerprint density at radius 1 is 1.33 bits per heavy atom. The summed E-state index contributed by atoms with van der Waals surface area (Å²) in [6.45, 7) is 6.64. The van der Waals surface area contributed by atoms with E-state index in [2.05, 4.69) is 4.98 Å². The number of carbonyl (C=O) groups is 1. The number of pyridine rings is 1. The molecule has 1 aliphatic heterocycles. The predicted molar refractivity (Wildman–Crippen MR) is 114 cm³/mol. The Morgan fingerprint density at radius 2 is 2.10 bits per heavy atom. The molecule has 0 aliphatic carbocycles. The molecule has 0 N–H and O–H groups in total. The zero-order valence-corrected chi connectivity index (χ0v) is 18.9. The highest BCUT2D eigenvalue weighted by Gasteiger charge is 2.33. The number of aromatic nitrogens is 1. The van der Waals surface area contributed by atoms with Gasteiger partial charge in [-0.25, -0.2) is 13.2 Å². The average Bonchev–Trinajstić information content (AvgIpc) is 2.92. The third-order valence-electron chi connectivity index (χ3n) is 4.85. The summed E-state index contributed by atoms with van der Waals surface area (Å²) in [6.07, 6.45) is 3.66. The summed E-state index contributed by atoms with van der Waals surface area (Å²) in [6, 6.07) is 7.20. The Labute approximate surface area is 179 Å². The molecular formula is C21H32N4O4S. The minimum absolute atomic E-state index is 0.0698. The second-order valence-corrected chi connectivity index (χ2v) is 10.5. The Bertz CT molecular complexity index is 831. The predicted octanol–water partition coefficient (Wildman–Crippen LogP) is 3.31. The summed E-state index contributed by atoms with van der Waals surface area (Å²) in [5.74, 6) is -0.0698. The smallest absolute Gasteiger partial charge is 0.410 e. The minimum atomic E-state index is -3.57. The van der Waals surface area contributed by atoms with Crippen LogP contribution in [0, 0.1) is 11.3 Å². The number of ether oxygens (including phenoxy) is 1. The van der Waals surface area contributed by atoms with Crippen LogP contribution in [0.25, 0.3) is 0 Å². The van der Waals surface area contributed by atoms with Gasteiger partial charge in [0.15, 0.2) is 0 Å². The molecule has 0 saturated carbocycles. The van der Waals surface area contributed by atoms with E-state index in [4.69, 9.17) is 10.00 Å². The number of amides is 1. The Kier molecular flexibility index (Phi) is 8.62. The van der Waals surface area contributed by atoms with Gasteiger partial charge in [-0.15, -0.1) is 0 Å². The standard InChI is InChI=1S/C21H32N4O4S/c1-21(2,3)29-20(26)24-14-8-10-19(11-15-24)25(17-18-9-4-6-13-23-18)30(27,28)16-7-5-12-22/h4,6,9,13,19H,5,7-8,10-11,14-17H2,1-3H3/t19-/m1/s1. The molecule has 0 unspecified atom stereocenters. The molecule has 1 aromatic rings. The van der Waals surface area contributed by atoms with E-state index in [1.807, 2.05) is 39.0 Å². The van der Waals surface area contributed by atoms with E-state index in [1.54, 1.807) is 17.2 Å². The number of hydrogen-bond donors (Lipinski definition) is 0. The highest BCUT2D eigenvalue weighted by molar-refractivity contribution is 7.89. The minimum Gasteiger partial charge on any atom is -0.444 e. The molecule has 1 saturated heterocycles. The summed E-state index contributed by atoms with van der Waals surface area (Å²) >= 11 is 0.